The van der Waals surface area contributed by atoms with E-state index >= 15 is 0 Å². The summed E-state index contributed by atoms with van der Waals surface area (Å²) in [7, 11) is 0. The normalized spacial score (nSPS) is 11.7. The smallest absolute Gasteiger partial charge is 0.142 e. The summed E-state index contributed by atoms with van der Waals surface area (Å²) >= 11 is 0. The predicted molar refractivity (Wildman–Crippen MR) is 61.6 cm³/mol. The lowest BCUT2D eigenvalue weighted by Crippen LogP contribution is -1.97. The number of nitriles is 1. The molecule has 2 N–H and O–H groups in total. The Morgan fingerprint density at radius 1 is 1.25 bits per heavy atom. The van der Waals surface area contributed by atoms with Crippen molar-refractivity contribution in [3.63, 3.8) is 0 Å². The summed E-state index contributed by atoms with van der Waals surface area (Å²) in [6.45, 7) is 0. The van der Waals surface area contributed by atoms with Crippen LogP contribution in [0.3, 0.4) is 0 Å². The van der Waals surface area contributed by atoms with E-state index in [1.54, 1.807) is 0 Å². The van der Waals surface area contributed by atoms with Crippen molar-refractivity contribution in [2.45, 2.75) is 6.42 Å². The molecular formula is C13H9N3. The van der Waals surface area contributed by atoms with Gasteiger partial charge < -0.3 is 5.73 Å². The highest BCUT2D eigenvalue weighted by atomic mass is 14.9. The lowest BCUT2D eigenvalue weighted by atomic mass is 10.1. The van der Waals surface area contributed by atoms with Crippen molar-refractivity contribution in [3.8, 4) is 17.3 Å². The number of benzene rings is 1. The van der Waals surface area contributed by atoms with Crippen molar-refractivity contribution < 1.29 is 0 Å². The van der Waals surface area contributed by atoms with Gasteiger partial charge in [-0.3, -0.25) is 0 Å². The summed E-state index contributed by atoms with van der Waals surface area (Å²) < 4.78 is 0. The van der Waals surface area contributed by atoms with Crippen LogP contribution in [-0.4, -0.2) is 4.98 Å². The minimum absolute atomic E-state index is 0.318. The van der Waals surface area contributed by atoms with Crippen molar-refractivity contribution in [1.29, 1.82) is 5.26 Å². The van der Waals surface area contributed by atoms with Gasteiger partial charge in [0.1, 0.15) is 11.9 Å². The first-order valence-corrected chi connectivity index (χ1v) is 5.07. The number of nitrogen functional groups attached to an aromatic ring is 1. The van der Waals surface area contributed by atoms with Crippen molar-refractivity contribution >= 4 is 5.82 Å². The fourth-order valence-corrected chi connectivity index (χ4v) is 2.14. The van der Waals surface area contributed by atoms with Crippen LogP contribution < -0.4 is 5.73 Å². The molecular weight excluding hydrogens is 198 g/mol. The Morgan fingerprint density at radius 2 is 2.06 bits per heavy atom. The van der Waals surface area contributed by atoms with Gasteiger partial charge in [0.25, 0.3) is 0 Å². The number of anilines is 1. The zero-order chi connectivity index (χ0) is 11.1. The van der Waals surface area contributed by atoms with Gasteiger partial charge in [0, 0.05) is 12.0 Å². The third-order valence-corrected chi connectivity index (χ3v) is 2.90. The molecule has 1 aromatic carbocycles. The molecule has 0 unspecified atom stereocenters. The van der Waals surface area contributed by atoms with Crippen molar-refractivity contribution in [3.05, 3.63) is 47.0 Å². The summed E-state index contributed by atoms with van der Waals surface area (Å²) in [5.41, 5.74) is 10.6. The SMILES string of the molecule is N#Cc1cc2c(nc1N)-c1ccccc1C2. The minimum Gasteiger partial charge on any atom is -0.383 e. The number of fused-ring (bicyclic) bond motifs is 3. The third-order valence-electron chi connectivity index (χ3n) is 2.90. The van der Waals surface area contributed by atoms with Gasteiger partial charge in [-0.2, -0.15) is 5.26 Å². The van der Waals surface area contributed by atoms with Crippen molar-refractivity contribution in [1.82, 2.24) is 4.98 Å². The lowest BCUT2D eigenvalue weighted by Gasteiger charge is -2.02. The molecule has 0 aliphatic heterocycles. The topological polar surface area (TPSA) is 62.7 Å². The van der Waals surface area contributed by atoms with Crippen LogP contribution in [0.2, 0.25) is 0 Å². The van der Waals surface area contributed by atoms with Crippen molar-refractivity contribution in [2.24, 2.45) is 0 Å². The fourth-order valence-electron chi connectivity index (χ4n) is 2.14. The summed E-state index contributed by atoms with van der Waals surface area (Å²) in [5, 5.41) is 8.90. The van der Waals surface area contributed by atoms with Gasteiger partial charge in [0.15, 0.2) is 0 Å². The first-order valence-electron chi connectivity index (χ1n) is 5.07. The molecule has 0 atom stereocenters. The Labute approximate surface area is 93.2 Å². The first-order chi connectivity index (χ1) is 7.79. The molecule has 0 spiro atoms. The van der Waals surface area contributed by atoms with Crippen LogP contribution in [0.4, 0.5) is 5.82 Å². The van der Waals surface area contributed by atoms with Gasteiger partial charge in [-0.25, -0.2) is 4.98 Å². The molecule has 1 aromatic heterocycles. The molecule has 16 heavy (non-hydrogen) atoms. The summed E-state index contributed by atoms with van der Waals surface area (Å²) in [6.07, 6.45) is 0.841. The van der Waals surface area contributed by atoms with Crippen LogP contribution in [0.5, 0.6) is 0 Å². The Balaban J connectivity index is 2.27. The molecule has 0 bridgehead atoms. The van der Waals surface area contributed by atoms with Crippen LogP contribution in [0, 0.1) is 11.3 Å². The highest BCUT2D eigenvalue weighted by molar-refractivity contribution is 5.76. The molecule has 1 aliphatic carbocycles. The number of hydrogen-bond acceptors (Lipinski definition) is 3. The number of nitrogens with zero attached hydrogens (tertiary/aromatic N) is 2. The van der Waals surface area contributed by atoms with E-state index < -0.39 is 0 Å². The Bertz CT molecular complexity index is 624. The van der Waals surface area contributed by atoms with Crippen LogP contribution in [-0.2, 0) is 6.42 Å². The van der Waals surface area contributed by atoms with E-state index in [-0.39, 0.29) is 0 Å². The van der Waals surface area contributed by atoms with Gasteiger partial charge >= 0.3 is 0 Å². The molecule has 0 saturated heterocycles. The number of hydrogen-bond donors (Lipinski definition) is 1. The fraction of sp³-hybridized carbons (Fsp3) is 0.0769. The first kappa shape index (κ1) is 8.93. The van der Waals surface area contributed by atoms with Crippen LogP contribution in [0.1, 0.15) is 16.7 Å². The van der Waals surface area contributed by atoms with Crippen LogP contribution in [0.25, 0.3) is 11.3 Å². The lowest BCUT2D eigenvalue weighted by molar-refractivity contribution is 1.22. The molecule has 1 heterocycles. The zero-order valence-corrected chi connectivity index (χ0v) is 8.57. The standard InChI is InChI=1S/C13H9N3/c14-7-10-6-9-5-8-3-1-2-4-11(8)12(9)16-13(10)15/h1-4,6H,5H2,(H2,15,16). The highest BCUT2D eigenvalue weighted by Gasteiger charge is 2.20. The molecule has 3 nitrogen and oxygen atoms in total. The third kappa shape index (κ3) is 1.10. The average molecular weight is 207 g/mol. The maximum atomic E-state index is 8.90. The second kappa shape index (κ2) is 3.07. The van der Waals surface area contributed by atoms with E-state index in [1.165, 1.54) is 5.56 Å². The Kier molecular flexibility index (Phi) is 1.72. The van der Waals surface area contributed by atoms with E-state index in [9.17, 15) is 0 Å². The molecule has 0 amide bonds. The van der Waals surface area contributed by atoms with Crippen LogP contribution >= 0.6 is 0 Å². The molecule has 0 fully saturated rings. The molecule has 2 aromatic rings. The molecule has 1 aliphatic rings. The van der Waals surface area contributed by atoms with E-state index in [0.717, 1.165) is 23.2 Å². The quantitative estimate of drug-likeness (QED) is 0.614. The monoisotopic (exact) mass is 207 g/mol. The van der Waals surface area contributed by atoms with Gasteiger partial charge in [0.2, 0.25) is 0 Å². The Hall–Kier alpha value is -2.34. The van der Waals surface area contributed by atoms with Crippen molar-refractivity contribution in [2.75, 3.05) is 5.73 Å². The predicted octanol–water partition coefficient (Wildman–Crippen LogP) is 2.11. The van der Waals surface area contributed by atoms with Gasteiger partial charge in [-0.15, -0.1) is 0 Å². The van der Waals surface area contributed by atoms with Gasteiger partial charge in [-0.1, -0.05) is 24.3 Å². The minimum atomic E-state index is 0.318. The number of nitrogens with two attached hydrogens (primary N) is 1. The summed E-state index contributed by atoms with van der Waals surface area (Å²) in [5.74, 6) is 0.318. The summed E-state index contributed by atoms with van der Waals surface area (Å²) in [6, 6.07) is 12.0. The molecule has 3 heteroatoms. The highest BCUT2D eigenvalue weighted by Crippen LogP contribution is 2.36. The largest absolute Gasteiger partial charge is 0.383 e. The van der Waals surface area contributed by atoms with Gasteiger partial charge in [0.05, 0.1) is 11.3 Å². The number of pyridine rings is 1. The van der Waals surface area contributed by atoms with E-state index in [4.69, 9.17) is 11.0 Å². The van der Waals surface area contributed by atoms with Crippen LogP contribution in [0.15, 0.2) is 30.3 Å². The second-order valence-electron chi connectivity index (χ2n) is 3.87. The Morgan fingerprint density at radius 3 is 2.88 bits per heavy atom. The number of aromatic nitrogens is 1. The van der Waals surface area contributed by atoms with E-state index in [2.05, 4.69) is 17.1 Å². The van der Waals surface area contributed by atoms with E-state index in [0.29, 0.717) is 11.4 Å². The summed E-state index contributed by atoms with van der Waals surface area (Å²) in [4.78, 5) is 4.32. The second-order valence-corrected chi connectivity index (χ2v) is 3.87. The van der Waals surface area contributed by atoms with E-state index in [1.807, 2.05) is 24.3 Å². The molecule has 0 saturated carbocycles. The number of rotatable bonds is 0. The zero-order valence-electron chi connectivity index (χ0n) is 8.57. The maximum Gasteiger partial charge on any atom is 0.142 e. The van der Waals surface area contributed by atoms with Gasteiger partial charge in [-0.05, 0) is 17.2 Å². The molecule has 76 valence electrons. The maximum absolute atomic E-state index is 8.90. The average Bonchev–Trinajstić information content (AvgIpc) is 2.66. The molecule has 3 rings (SSSR count). The molecule has 0 radical (unpaired) electrons.